The molecule has 11 aromatic rings. The fraction of sp³-hybridized carbons (Fsp3) is 0. The molecule has 0 aliphatic rings. The largest absolute Gasteiger partial charge is 0.456 e. The lowest BCUT2D eigenvalue weighted by Gasteiger charge is -2.10. The predicted molar refractivity (Wildman–Crippen MR) is 218 cm³/mol. The highest BCUT2D eigenvalue weighted by molar-refractivity contribution is 6.12. The van der Waals surface area contributed by atoms with Crippen LogP contribution in [0, 0.1) is 0 Å². The van der Waals surface area contributed by atoms with Gasteiger partial charge in [-0.05, 0) is 52.2 Å². The summed E-state index contributed by atoms with van der Waals surface area (Å²) in [5.74, 6) is 1.63. The van der Waals surface area contributed by atoms with E-state index in [1.54, 1.807) is 6.20 Å². The number of pyridine rings is 1. The van der Waals surface area contributed by atoms with Crippen LogP contribution in [0.4, 0.5) is 0 Å². The van der Waals surface area contributed by atoms with Crippen molar-refractivity contribution in [3.63, 3.8) is 0 Å². The highest BCUT2D eigenvalue weighted by Gasteiger charge is 2.20. The molecule has 0 saturated heterocycles. The number of nitrogens with zero attached hydrogens (tertiary/aromatic N) is 5. The normalized spacial score (nSPS) is 11.7. The van der Waals surface area contributed by atoms with Crippen LogP contribution in [0.3, 0.4) is 0 Å². The minimum atomic E-state index is 0.483. The van der Waals surface area contributed by atoms with Gasteiger partial charge in [0, 0.05) is 45.2 Å². The average Bonchev–Trinajstić information content (AvgIpc) is 3.79. The zero-order valence-electron chi connectivity index (χ0n) is 28.9. The molecule has 54 heavy (non-hydrogen) atoms. The maximum atomic E-state index is 6.57. The maximum Gasteiger partial charge on any atom is 0.183 e. The Balaban J connectivity index is 1.06. The minimum absolute atomic E-state index is 0.483. The van der Waals surface area contributed by atoms with Crippen molar-refractivity contribution in [1.29, 1.82) is 0 Å². The van der Waals surface area contributed by atoms with Gasteiger partial charge >= 0.3 is 0 Å². The van der Waals surface area contributed by atoms with E-state index < -0.39 is 0 Å². The summed E-state index contributed by atoms with van der Waals surface area (Å²) in [5.41, 5.74) is 9.54. The number of furan rings is 1. The van der Waals surface area contributed by atoms with Crippen molar-refractivity contribution in [1.82, 2.24) is 24.5 Å². The second kappa shape index (κ2) is 12.1. The first-order valence-corrected chi connectivity index (χ1v) is 18.0. The van der Waals surface area contributed by atoms with E-state index in [1.165, 1.54) is 27.1 Å². The van der Waals surface area contributed by atoms with Crippen LogP contribution < -0.4 is 0 Å². The van der Waals surface area contributed by atoms with E-state index in [1.807, 2.05) is 36.4 Å². The minimum Gasteiger partial charge on any atom is -0.456 e. The monoisotopic (exact) mass is 691 g/mol. The Hall–Kier alpha value is -7.44. The summed E-state index contributed by atoms with van der Waals surface area (Å²) in [7, 11) is 0. The van der Waals surface area contributed by atoms with Gasteiger partial charge in [0.05, 0.1) is 16.4 Å². The molecule has 0 aliphatic carbocycles. The summed E-state index contributed by atoms with van der Waals surface area (Å²) in [4.78, 5) is 20.0. The Kier molecular flexibility index (Phi) is 6.75. The van der Waals surface area contributed by atoms with E-state index in [0.29, 0.717) is 23.2 Å². The highest BCUT2D eigenvalue weighted by Crippen LogP contribution is 2.38. The quantitative estimate of drug-likeness (QED) is 0.180. The maximum absolute atomic E-state index is 6.57. The Labute approximate surface area is 309 Å². The van der Waals surface area contributed by atoms with Crippen LogP contribution >= 0.6 is 0 Å². The van der Waals surface area contributed by atoms with Crippen molar-refractivity contribution in [3.05, 3.63) is 176 Å². The molecule has 0 spiro atoms. The zero-order valence-corrected chi connectivity index (χ0v) is 28.9. The van der Waals surface area contributed by atoms with Gasteiger partial charge in [-0.3, -0.25) is 4.98 Å². The number of rotatable bonds is 5. The molecule has 0 amide bonds. The lowest BCUT2D eigenvalue weighted by molar-refractivity contribution is 0.668. The summed E-state index contributed by atoms with van der Waals surface area (Å²) in [6.45, 7) is 0. The van der Waals surface area contributed by atoms with Gasteiger partial charge in [0.25, 0.3) is 0 Å². The second-order valence-corrected chi connectivity index (χ2v) is 13.5. The average molecular weight is 692 g/mol. The van der Waals surface area contributed by atoms with E-state index in [2.05, 4.69) is 138 Å². The number of hydrogen-bond donors (Lipinski definition) is 0. The van der Waals surface area contributed by atoms with E-state index >= 15 is 0 Å². The summed E-state index contributed by atoms with van der Waals surface area (Å²) >= 11 is 0. The van der Waals surface area contributed by atoms with Crippen LogP contribution in [0.15, 0.2) is 180 Å². The molecule has 0 atom stereocenters. The van der Waals surface area contributed by atoms with Gasteiger partial charge < -0.3 is 8.98 Å². The second-order valence-electron chi connectivity index (χ2n) is 13.5. The van der Waals surface area contributed by atoms with Gasteiger partial charge in [0.15, 0.2) is 17.5 Å². The van der Waals surface area contributed by atoms with Crippen LogP contribution in [-0.2, 0) is 0 Å². The Morgan fingerprint density at radius 3 is 1.80 bits per heavy atom. The first-order chi connectivity index (χ1) is 26.8. The third-order valence-corrected chi connectivity index (χ3v) is 10.3. The van der Waals surface area contributed by atoms with Gasteiger partial charge in [-0.2, -0.15) is 0 Å². The lowest BCUT2D eigenvalue weighted by Crippen LogP contribution is -2.01. The Bertz CT molecular complexity index is 3160. The standard InChI is InChI=1S/C48H29N5O/c1-2-12-32(13-3-1)46-50-47(33-23-21-31(22-24-33)36-18-10-14-30-11-4-5-15-35(30)36)52-48(51-46)45-44-39-26-25-34(29-43(39)54-42(44)27-28-49-45)53-40-19-8-6-16-37(40)38-17-7-9-20-41(38)53/h1-29H. The summed E-state index contributed by atoms with van der Waals surface area (Å²) in [6.07, 6.45) is 1.76. The molecule has 6 nitrogen and oxygen atoms in total. The van der Waals surface area contributed by atoms with Crippen LogP contribution in [0.5, 0.6) is 0 Å². The fourth-order valence-electron chi connectivity index (χ4n) is 7.82. The van der Waals surface area contributed by atoms with Crippen molar-refractivity contribution in [2.45, 2.75) is 0 Å². The third kappa shape index (κ3) is 4.81. The molecular formula is C48H29N5O. The number of fused-ring (bicyclic) bond motifs is 7. The molecule has 4 aromatic heterocycles. The van der Waals surface area contributed by atoms with Crippen molar-refractivity contribution in [3.8, 4) is 51.1 Å². The van der Waals surface area contributed by atoms with E-state index in [0.717, 1.165) is 55.3 Å². The molecule has 6 heteroatoms. The highest BCUT2D eigenvalue weighted by atomic mass is 16.3. The van der Waals surface area contributed by atoms with Crippen molar-refractivity contribution in [2.24, 2.45) is 0 Å². The molecule has 0 fully saturated rings. The topological polar surface area (TPSA) is 69.6 Å². The molecule has 252 valence electrons. The summed E-state index contributed by atoms with van der Waals surface area (Å²) < 4.78 is 8.87. The molecule has 7 aromatic carbocycles. The Morgan fingerprint density at radius 1 is 0.426 bits per heavy atom. The third-order valence-electron chi connectivity index (χ3n) is 10.3. The van der Waals surface area contributed by atoms with E-state index in [9.17, 15) is 0 Å². The van der Waals surface area contributed by atoms with Gasteiger partial charge in [-0.1, -0.05) is 133 Å². The fourth-order valence-corrected chi connectivity index (χ4v) is 7.82. The van der Waals surface area contributed by atoms with Crippen LogP contribution in [0.1, 0.15) is 0 Å². The molecule has 0 saturated carbocycles. The SMILES string of the molecule is c1ccc(-c2nc(-c3ccc(-c4cccc5ccccc45)cc3)nc(-c3nccc4oc5cc(-n6c7ccccc7c7ccccc76)ccc5c34)n2)cc1. The smallest absolute Gasteiger partial charge is 0.183 e. The molecular weight excluding hydrogens is 663 g/mol. The zero-order chi connectivity index (χ0) is 35.6. The van der Waals surface area contributed by atoms with Crippen molar-refractivity contribution >= 4 is 54.5 Å². The number of aromatic nitrogens is 5. The molecule has 0 aliphatic heterocycles. The Morgan fingerprint density at radius 2 is 1.04 bits per heavy atom. The van der Waals surface area contributed by atoms with Crippen LogP contribution in [0.25, 0.3) is 106 Å². The van der Waals surface area contributed by atoms with E-state index in [-0.39, 0.29) is 0 Å². The number of para-hydroxylation sites is 2. The molecule has 0 N–H and O–H groups in total. The van der Waals surface area contributed by atoms with Gasteiger partial charge in [-0.15, -0.1) is 0 Å². The van der Waals surface area contributed by atoms with Crippen molar-refractivity contribution in [2.75, 3.05) is 0 Å². The molecule has 4 heterocycles. The number of hydrogen-bond acceptors (Lipinski definition) is 5. The van der Waals surface area contributed by atoms with Gasteiger partial charge in [0.1, 0.15) is 16.9 Å². The van der Waals surface area contributed by atoms with E-state index in [4.69, 9.17) is 24.4 Å². The number of benzene rings is 7. The molecule has 0 bridgehead atoms. The lowest BCUT2D eigenvalue weighted by atomic mass is 9.97. The molecule has 0 radical (unpaired) electrons. The van der Waals surface area contributed by atoms with Crippen LogP contribution in [-0.4, -0.2) is 24.5 Å². The van der Waals surface area contributed by atoms with Crippen LogP contribution in [0.2, 0.25) is 0 Å². The van der Waals surface area contributed by atoms with Gasteiger partial charge in [0.2, 0.25) is 0 Å². The first-order valence-electron chi connectivity index (χ1n) is 18.0. The van der Waals surface area contributed by atoms with Gasteiger partial charge in [-0.25, -0.2) is 15.0 Å². The molecule has 0 unspecified atom stereocenters. The van der Waals surface area contributed by atoms with Crippen molar-refractivity contribution < 1.29 is 4.42 Å². The first kappa shape index (κ1) is 30.2. The summed E-state index contributed by atoms with van der Waals surface area (Å²) in [5, 5.41) is 6.67. The summed E-state index contributed by atoms with van der Waals surface area (Å²) in [6, 6.07) is 58.7. The molecule has 11 rings (SSSR count). The predicted octanol–water partition coefficient (Wildman–Crippen LogP) is 12.1.